The number of nitrogens with zero attached hydrogens (tertiary/aromatic N) is 1. The lowest BCUT2D eigenvalue weighted by Crippen LogP contribution is -2.43. The summed E-state index contributed by atoms with van der Waals surface area (Å²) in [6, 6.07) is 1.62. The molecule has 0 aliphatic carbocycles. The van der Waals surface area contributed by atoms with Gasteiger partial charge in [-0.15, -0.1) is 0 Å². The number of hydrogen-bond acceptors (Lipinski definition) is 3. The molecule has 140 valence electrons. The van der Waals surface area contributed by atoms with Crippen molar-refractivity contribution in [3.8, 4) is 0 Å². The molecule has 0 bridgehead atoms. The summed E-state index contributed by atoms with van der Waals surface area (Å²) in [5.41, 5.74) is -2.51. The lowest BCUT2D eigenvalue weighted by atomic mass is 9.87. The number of pyridine rings is 1. The highest BCUT2D eigenvalue weighted by atomic mass is 19.4. The van der Waals surface area contributed by atoms with Gasteiger partial charge < -0.3 is 15.0 Å². The van der Waals surface area contributed by atoms with Gasteiger partial charge in [-0.2, -0.15) is 13.2 Å². The van der Waals surface area contributed by atoms with E-state index in [1.807, 2.05) is 13.8 Å². The first-order valence-corrected chi connectivity index (χ1v) is 8.37. The van der Waals surface area contributed by atoms with Crippen LogP contribution in [0.15, 0.2) is 16.9 Å². The number of amides is 1. The Hall–Kier alpha value is -1.83. The number of halogens is 3. The van der Waals surface area contributed by atoms with Crippen LogP contribution in [-0.4, -0.2) is 40.1 Å². The maximum atomic E-state index is 12.6. The highest BCUT2D eigenvalue weighted by molar-refractivity contribution is 5.93. The molecule has 1 saturated heterocycles. The number of rotatable bonds is 4. The van der Waals surface area contributed by atoms with Crippen LogP contribution >= 0.6 is 0 Å². The van der Waals surface area contributed by atoms with Crippen LogP contribution in [0.25, 0.3) is 0 Å². The maximum Gasteiger partial charge on any atom is 0.431 e. The zero-order valence-electron chi connectivity index (χ0n) is 14.3. The predicted octanol–water partition coefficient (Wildman–Crippen LogP) is 2.65. The monoisotopic (exact) mass is 360 g/mol. The molecule has 5 nitrogen and oxygen atoms in total. The number of nitrogens with one attached hydrogen (secondary N) is 1. The molecule has 25 heavy (non-hydrogen) atoms. The number of carbonyl (C=O) groups is 1. The Balaban J connectivity index is 2.02. The van der Waals surface area contributed by atoms with Crippen molar-refractivity contribution < 1.29 is 23.1 Å². The molecule has 2 heterocycles. The van der Waals surface area contributed by atoms with Crippen molar-refractivity contribution in [2.24, 2.45) is 11.8 Å². The van der Waals surface area contributed by atoms with E-state index >= 15 is 0 Å². The maximum absolute atomic E-state index is 12.6. The van der Waals surface area contributed by atoms with Gasteiger partial charge in [-0.3, -0.25) is 9.59 Å². The van der Waals surface area contributed by atoms with E-state index in [1.54, 1.807) is 4.98 Å². The molecule has 2 rings (SSSR count). The van der Waals surface area contributed by atoms with Crippen molar-refractivity contribution in [3.63, 3.8) is 0 Å². The first kappa shape index (κ1) is 19.5. The summed E-state index contributed by atoms with van der Waals surface area (Å²) in [6.07, 6.45) is -3.18. The Bertz CT molecular complexity index is 662. The lowest BCUT2D eigenvalue weighted by Gasteiger charge is -2.34. The standard InChI is InChI=1S/C17H23F3N2O3/c1-10(2)9-13(23)11-5-7-22(8-6-11)16(25)12-3-4-14(17(18,19)20)21-15(12)24/h3-4,10-11,13,23H,5-9H2,1-2H3,(H,21,24)/t13-/m0/s1. The number of piperidine rings is 1. The molecule has 1 aromatic heterocycles. The smallest absolute Gasteiger partial charge is 0.393 e. The molecule has 1 aromatic rings. The van der Waals surface area contributed by atoms with Gasteiger partial charge in [-0.05, 0) is 43.2 Å². The number of aromatic amines is 1. The summed E-state index contributed by atoms with van der Waals surface area (Å²) < 4.78 is 37.7. The van der Waals surface area contributed by atoms with E-state index in [-0.39, 0.29) is 11.5 Å². The van der Waals surface area contributed by atoms with Crippen LogP contribution in [-0.2, 0) is 6.18 Å². The molecule has 0 radical (unpaired) electrons. The molecule has 8 heteroatoms. The van der Waals surface area contributed by atoms with Gasteiger partial charge in [0.25, 0.3) is 11.5 Å². The van der Waals surface area contributed by atoms with E-state index in [0.717, 1.165) is 6.07 Å². The fourth-order valence-corrected chi connectivity index (χ4v) is 3.14. The van der Waals surface area contributed by atoms with E-state index in [0.29, 0.717) is 44.3 Å². The quantitative estimate of drug-likeness (QED) is 0.867. The minimum Gasteiger partial charge on any atom is -0.393 e. The van der Waals surface area contributed by atoms with Gasteiger partial charge in [0, 0.05) is 13.1 Å². The average Bonchev–Trinajstić information content (AvgIpc) is 2.53. The van der Waals surface area contributed by atoms with E-state index in [2.05, 4.69) is 0 Å². The zero-order valence-corrected chi connectivity index (χ0v) is 14.3. The van der Waals surface area contributed by atoms with Gasteiger partial charge in [-0.25, -0.2) is 0 Å². The molecule has 0 spiro atoms. The van der Waals surface area contributed by atoms with Crippen LogP contribution in [0.3, 0.4) is 0 Å². The molecule has 0 aromatic carbocycles. The number of carbonyl (C=O) groups excluding carboxylic acids is 1. The van der Waals surface area contributed by atoms with Crippen LogP contribution < -0.4 is 5.56 Å². The van der Waals surface area contributed by atoms with Crippen molar-refractivity contribution in [2.45, 2.75) is 45.4 Å². The second-order valence-corrected chi connectivity index (χ2v) is 6.94. The third-order valence-electron chi connectivity index (χ3n) is 4.53. The second kappa shape index (κ2) is 7.59. The summed E-state index contributed by atoms with van der Waals surface area (Å²) >= 11 is 0. The molecule has 0 saturated carbocycles. The average molecular weight is 360 g/mol. The molecule has 1 fully saturated rings. The third-order valence-corrected chi connectivity index (χ3v) is 4.53. The molecular weight excluding hydrogens is 337 g/mol. The number of H-pyrrole nitrogens is 1. The molecule has 1 amide bonds. The van der Waals surface area contributed by atoms with Gasteiger partial charge in [0.05, 0.1) is 6.10 Å². The Labute approximate surface area is 143 Å². The molecular formula is C17H23F3N2O3. The zero-order chi connectivity index (χ0) is 18.8. The Morgan fingerprint density at radius 3 is 2.40 bits per heavy atom. The normalized spacial score (nSPS) is 17.8. The Morgan fingerprint density at radius 1 is 1.32 bits per heavy atom. The number of hydrogen-bond donors (Lipinski definition) is 2. The van der Waals surface area contributed by atoms with Gasteiger partial charge in [0.2, 0.25) is 0 Å². The van der Waals surface area contributed by atoms with Gasteiger partial charge in [-0.1, -0.05) is 13.8 Å². The Kier molecular flexibility index (Phi) is 5.92. The third kappa shape index (κ3) is 4.84. The molecule has 1 atom stereocenters. The highest BCUT2D eigenvalue weighted by Gasteiger charge is 2.33. The van der Waals surface area contributed by atoms with Gasteiger partial charge >= 0.3 is 6.18 Å². The molecule has 2 N–H and O–H groups in total. The summed E-state index contributed by atoms with van der Waals surface area (Å²) in [5, 5.41) is 10.2. The topological polar surface area (TPSA) is 73.4 Å². The minimum absolute atomic E-state index is 0.0948. The summed E-state index contributed by atoms with van der Waals surface area (Å²) in [4.78, 5) is 27.4. The van der Waals surface area contributed by atoms with E-state index < -0.39 is 29.4 Å². The largest absolute Gasteiger partial charge is 0.431 e. The SMILES string of the molecule is CC(C)C[C@H](O)C1CCN(C(=O)c2ccc(C(F)(F)F)[nH]c2=O)CC1. The van der Waals surface area contributed by atoms with Crippen LogP contribution in [0, 0.1) is 11.8 Å². The Morgan fingerprint density at radius 2 is 1.92 bits per heavy atom. The summed E-state index contributed by atoms with van der Waals surface area (Å²) in [6.45, 7) is 4.80. The van der Waals surface area contributed by atoms with Crippen LogP contribution in [0.2, 0.25) is 0 Å². The number of aliphatic hydroxyl groups is 1. The number of alkyl halides is 3. The first-order chi connectivity index (χ1) is 11.6. The minimum atomic E-state index is -4.66. The summed E-state index contributed by atoms with van der Waals surface area (Å²) in [7, 11) is 0. The highest BCUT2D eigenvalue weighted by Crippen LogP contribution is 2.27. The molecule has 1 aliphatic heterocycles. The second-order valence-electron chi connectivity index (χ2n) is 6.94. The number of aliphatic hydroxyl groups excluding tert-OH is 1. The molecule has 0 unspecified atom stereocenters. The van der Waals surface area contributed by atoms with Gasteiger partial charge in [0.1, 0.15) is 11.3 Å². The number of likely N-dealkylation sites (tertiary alicyclic amines) is 1. The van der Waals surface area contributed by atoms with E-state index in [4.69, 9.17) is 0 Å². The van der Waals surface area contributed by atoms with Crippen molar-refractivity contribution in [2.75, 3.05) is 13.1 Å². The first-order valence-electron chi connectivity index (χ1n) is 8.37. The van der Waals surface area contributed by atoms with Crippen molar-refractivity contribution in [1.82, 2.24) is 9.88 Å². The fraction of sp³-hybridized carbons (Fsp3) is 0.647. The fourth-order valence-electron chi connectivity index (χ4n) is 3.14. The van der Waals surface area contributed by atoms with Crippen LogP contribution in [0.1, 0.15) is 49.2 Å². The van der Waals surface area contributed by atoms with E-state index in [1.165, 1.54) is 4.90 Å². The van der Waals surface area contributed by atoms with Gasteiger partial charge in [0.15, 0.2) is 0 Å². The summed E-state index contributed by atoms with van der Waals surface area (Å²) in [5.74, 6) is -0.107. The predicted molar refractivity (Wildman–Crippen MR) is 86.2 cm³/mol. The van der Waals surface area contributed by atoms with Crippen LogP contribution in [0.4, 0.5) is 13.2 Å². The lowest BCUT2D eigenvalue weighted by molar-refractivity contribution is -0.141. The van der Waals surface area contributed by atoms with Crippen molar-refractivity contribution in [3.05, 3.63) is 33.7 Å². The van der Waals surface area contributed by atoms with Crippen molar-refractivity contribution in [1.29, 1.82) is 0 Å². The molecule has 1 aliphatic rings. The van der Waals surface area contributed by atoms with Crippen molar-refractivity contribution >= 4 is 5.91 Å². The number of aromatic nitrogens is 1. The van der Waals surface area contributed by atoms with Crippen LogP contribution in [0.5, 0.6) is 0 Å². The van der Waals surface area contributed by atoms with E-state index in [9.17, 15) is 27.9 Å².